The van der Waals surface area contributed by atoms with E-state index in [1.54, 1.807) is 31.4 Å². The summed E-state index contributed by atoms with van der Waals surface area (Å²) in [7, 11) is -0.647. The first-order chi connectivity index (χ1) is 12.1. The van der Waals surface area contributed by atoms with Crippen molar-refractivity contribution < 1.29 is 17.9 Å². The second kappa shape index (κ2) is 8.73. The number of para-hydroxylation sites is 2. The number of hydrogen-bond acceptors (Lipinski definition) is 5. The van der Waals surface area contributed by atoms with E-state index in [0.717, 1.165) is 5.56 Å². The van der Waals surface area contributed by atoms with Crippen molar-refractivity contribution in [3.8, 4) is 11.5 Å². The third-order valence-corrected chi connectivity index (χ3v) is 6.30. The van der Waals surface area contributed by atoms with Gasteiger partial charge in [-0.3, -0.25) is 0 Å². The normalized spacial score (nSPS) is 18.0. The quantitative estimate of drug-likeness (QED) is 0.837. The molecule has 2 aromatic rings. The summed E-state index contributed by atoms with van der Waals surface area (Å²) in [6, 6.07) is 13.9. The molecule has 0 saturated carbocycles. The van der Waals surface area contributed by atoms with Gasteiger partial charge >= 0.3 is 0 Å². The summed E-state index contributed by atoms with van der Waals surface area (Å²) in [6.07, 6.45) is 0. The molecule has 1 atom stereocenters. The van der Waals surface area contributed by atoms with Gasteiger partial charge in [-0.05, 0) is 18.2 Å². The maximum Gasteiger partial charge on any atom is 0.247 e. The van der Waals surface area contributed by atoms with Crippen LogP contribution in [0.5, 0.6) is 11.5 Å². The number of halogens is 1. The molecule has 1 unspecified atom stereocenters. The molecule has 1 fully saturated rings. The van der Waals surface area contributed by atoms with Gasteiger partial charge in [0.1, 0.15) is 16.4 Å². The molecular weight excluding hydrogens is 376 g/mol. The van der Waals surface area contributed by atoms with Crippen molar-refractivity contribution in [1.29, 1.82) is 0 Å². The Hall–Kier alpha value is -1.80. The smallest absolute Gasteiger partial charge is 0.247 e. The second-order valence-electron chi connectivity index (χ2n) is 5.73. The van der Waals surface area contributed by atoms with Crippen molar-refractivity contribution in [2.75, 3.05) is 33.9 Å². The van der Waals surface area contributed by atoms with E-state index in [1.165, 1.54) is 11.4 Å². The van der Waals surface area contributed by atoms with Crippen LogP contribution in [0.4, 0.5) is 0 Å². The van der Waals surface area contributed by atoms with Crippen LogP contribution in [-0.4, -0.2) is 46.6 Å². The number of ether oxygens (including phenoxy) is 2. The second-order valence-corrected chi connectivity index (χ2v) is 7.59. The Morgan fingerprint density at radius 2 is 1.62 bits per heavy atom. The minimum Gasteiger partial charge on any atom is -0.496 e. The van der Waals surface area contributed by atoms with Crippen LogP contribution in [0.25, 0.3) is 0 Å². The summed E-state index contributed by atoms with van der Waals surface area (Å²) in [5.74, 6) is 1.02. The molecule has 0 aromatic heterocycles. The van der Waals surface area contributed by atoms with Crippen LogP contribution in [-0.2, 0) is 10.0 Å². The monoisotopic (exact) mass is 398 g/mol. The number of sulfonamides is 1. The van der Waals surface area contributed by atoms with Crippen molar-refractivity contribution in [1.82, 2.24) is 9.62 Å². The Labute approximate surface area is 160 Å². The summed E-state index contributed by atoms with van der Waals surface area (Å²) in [5.41, 5.74) is 0.843. The van der Waals surface area contributed by atoms with E-state index < -0.39 is 10.0 Å². The van der Waals surface area contributed by atoms with Crippen LogP contribution in [0, 0.1) is 0 Å². The average molecular weight is 399 g/mol. The maximum atomic E-state index is 13.3. The molecule has 26 heavy (non-hydrogen) atoms. The van der Waals surface area contributed by atoms with Gasteiger partial charge in [-0.2, -0.15) is 4.31 Å². The summed E-state index contributed by atoms with van der Waals surface area (Å²) < 4.78 is 38.9. The minimum absolute atomic E-state index is 0. The Balaban J connectivity index is 0.00000243. The highest BCUT2D eigenvalue weighted by Gasteiger charge is 2.37. The van der Waals surface area contributed by atoms with Crippen LogP contribution in [0.15, 0.2) is 53.4 Å². The molecule has 0 amide bonds. The molecule has 0 aliphatic carbocycles. The SMILES string of the molecule is COc1ccccc1C1CNCCN1S(=O)(=O)c1ccccc1OC.Cl. The van der Waals surface area contributed by atoms with Gasteiger partial charge in [-0.15, -0.1) is 12.4 Å². The van der Waals surface area contributed by atoms with Gasteiger partial charge in [0.25, 0.3) is 0 Å². The molecule has 1 N–H and O–H groups in total. The zero-order valence-electron chi connectivity index (χ0n) is 14.7. The highest BCUT2D eigenvalue weighted by Crippen LogP contribution is 2.36. The largest absolute Gasteiger partial charge is 0.496 e. The fraction of sp³-hybridized carbons (Fsp3) is 0.333. The molecule has 8 heteroatoms. The Morgan fingerprint density at radius 3 is 2.31 bits per heavy atom. The number of rotatable bonds is 5. The lowest BCUT2D eigenvalue weighted by molar-refractivity contribution is 0.263. The molecule has 1 aliphatic heterocycles. The summed E-state index contributed by atoms with van der Waals surface area (Å²) in [5, 5.41) is 3.27. The Kier molecular flexibility index (Phi) is 6.88. The van der Waals surface area contributed by atoms with Crippen LogP contribution in [0.1, 0.15) is 11.6 Å². The van der Waals surface area contributed by atoms with Crippen molar-refractivity contribution in [3.05, 3.63) is 54.1 Å². The number of nitrogens with zero attached hydrogens (tertiary/aromatic N) is 1. The van der Waals surface area contributed by atoms with Crippen LogP contribution >= 0.6 is 12.4 Å². The van der Waals surface area contributed by atoms with E-state index in [-0.39, 0.29) is 23.3 Å². The van der Waals surface area contributed by atoms with Crippen LogP contribution < -0.4 is 14.8 Å². The highest BCUT2D eigenvalue weighted by molar-refractivity contribution is 7.89. The van der Waals surface area contributed by atoms with E-state index in [2.05, 4.69) is 5.32 Å². The fourth-order valence-corrected chi connectivity index (χ4v) is 4.90. The molecular formula is C18H23ClN2O4S. The molecule has 1 heterocycles. The first-order valence-corrected chi connectivity index (χ1v) is 9.52. The molecule has 0 spiro atoms. The van der Waals surface area contributed by atoms with E-state index in [1.807, 2.05) is 24.3 Å². The summed E-state index contributed by atoms with van der Waals surface area (Å²) in [4.78, 5) is 0.180. The predicted octanol–water partition coefficient (Wildman–Crippen LogP) is 2.46. The van der Waals surface area contributed by atoms with E-state index in [9.17, 15) is 8.42 Å². The number of benzene rings is 2. The van der Waals surface area contributed by atoms with Gasteiger partial charge in [-0.25, -0.2) is 8.42 Å². The molecule has 6 nitrogen and oxygen atoms in total. The summed E-state index contributed by atoms with van der Waals surface area (Å²) in [6.45, 7) is 1.50. The lowest BCUT2D eigenvalue weighted by Crippen LogP contribution is -2.48. The average Bonchev–Trinajstić information content (AvgIpc) is 2.67. The van der Waals surface area contributed by atoms with Gasteiger partial charge in [-0.1, -0.05) is 30.3 Å². The standard InChI is InChI=1S/C18H22N2O4S.ClH/c1-23-16-8-4-3-7-14(16)15-13-19-11-12-20(15)25(21,22)18-10-6-5-9-17(18)24-2;/h3-10,15,19H,11-13H2,1-2H3;1H. The lowest BCUT2D eigenvalue weighted by Gasteiger charge is -2.36. The molecule has 0 radical (unpaired) electrons. The molecule has 0 bridgehead atoms. The van der Waals surface area contributed by atoms with E-state index in [0.29, 0.717) is 31.1 Å². The van der Waals surface area contributed by atoms with E-state index in [4.69, 9.17) is 9.47 Å². The molecule has 142 valence electrons. The van der Waals surface area contributed by atoms with Crippen molar-refractivity contribution in [2.24, 2.45) is 0 Å². The first kappa shape index (κ1) is 20.5. The fourth-order valence-electron chi connectivity index (χ4n) is 3.14. The number of nitrogens with one attached hydrogen (secondary N) is 1. The predicted molar refractivity (Wildman–Crippen MR) is 103 cm³/mol. The zero-order valence-corrected chi connectivity index (χ0v) is 16.3. The third kappa shape index (κ3) is 3.81. The molecule has 1 saturated heterocycles. The third-order valence-electron chi connectivity index (χ3n) is 4.35. The minimum atomic E-state index is -3.71. The van der Waals surface area contributed by atoms with Gasteiger partial charge in [0.2, 0.25) is 10.0 Å². The Morgan fingerprint density at radius 1 is 1.00 bits per heavy atom. The van der Waals surface area contributed by atoms with Crippen LogP contribution in [0.3, 0.4) is 0 Å². The van der Waals surface area contributed by atoms with Gasteiger partial charge in [0.05, 0.1) is 20.3 Å². The van der Waals surface area contributed by atoms with Crippen molar-refractivity contribution >= 4 is 22.4 Å². The van der Waals surface area contributed by atoms with Gasteiger partial charge < -0.3 is 14.8 Å². The maximum absolute atomic E-state index is 13.3. The first-order valence-electron chi connectivity index (χ1n) is 8.08. The molecule has 1 aliphatic rings. The van der Waals surface area contributed by atoms with Gasteiger partial charge in [0, 0.05) is 25.2 Å². The van der Waals surface area contributed by atoms with E-state index >= 15 is 0 Å². The topological polar surface area (TPSA) is 67.9 Å². The molecule has 2 aromatic carbocycles. The molecule has 3 rings (SSSR count). The lowest BCUT2D eigenvalue weighted by atomic mass is 10.0. The Bertz CT molecular complexity index is 845. The number of methoxy groups -OCH3 is 2. The van der Waals surface area contributed by atoms with Gasteiger partial charge in [0.15, 0.2) is 0 Å². The number of piperazine rings is 1. The number of hydrogen-bond donors (Lipinski definition) is 1. The van der Waals surface area contributed by atoms with Crippen molar-refractivity contribution in [2.45, 2.75) is 10.9 Å². The summed E-state index contributed by atoms with van der Waals surface area (Å²) >= 11 is 0. The van der Waals surface area contributed by atoms with Crippen LogP contribution in [0.2, 0.25) is 0 Å². The van der Waals surface area contributed by atoms with Crippen molar-refractivity contribution in [3.63, 3.8) is 0 Å². The zero-order chi connectivity index (χ0) is 17.9. The highest BCUT2D eigenvalue weighted by atomic mass is 35.5.